The van der Waals surface area contributed by atoms with Gasteiger partial charge in [-0.15, -0.1) is 0 Å². The van der Waals surface area contributed by atoms with Gasteiger partial charge in [0.05, 0.1) is 31.5 Å². The van der Waals surface area contributed by atoms with Gasteiger partial charge in [0.25, 0.3) is 5.91 Å². The first-order valence-corrected chi connectivity index (χ1v) is 10.6. The summed E-state index contributed by atoms with van der Waals surface area (Å²) in [5.41, 5.74) is 1.74. The van der Waals surface area contributed by atoms with Crippen LogP contribution in [0.3, 0.4) is 0 Å². The Bertz CT molecular complexity index is 1160. The fourth-order valence-electron chi connectivity index (χ4n) is 3.57. The van der Waals surface area contributed by atoms with Crippen LogP contribution < -0.4 is 15.0 Å². The number of aromatic nitrogens is 1. The lowest BCUT2D eigenvalue weighted by Gasteiger charge is -2.23. The predicted molar refractivity (Wildman–Crippen MR) is 126 cm³/mol. The van der Waals surface area contributed by atoms with Crippen molar-refractivity contribution in [2.75, 3.05) is 17.3 Å². The van der Waals surface area contributed by atoms with Crippen molar-refractivity contribution >= 4 is 40.5 Å². The van der Waals surface area contributed by atoms with E-state index in [1.54, 1.807) is 48.5 Å². The molecule has 1 aliphatic rings. The van der Waals surface area contributed by atoms with Crippen LogP contribution in [0.4, 0.5) is 15.8 Å². The van der Waals surface area contributed by atoms with Gasteiger partial charge >= 0.3 is 0 Å². The Balaban J connectivity index is 1.59. The zero-order valence-electron chi connectivity index (χ0n) is 17.8. The maximum Gasteiger partial charge on any atom is 0.256 e. The van der Waals surface area contributed by atoms with E-state index in [-0.39, 0.29) is 29.9 Å². The van der Waals surface area contributed by atoms with E-state index in [0.29, 0.717) is 22.8 Å². The molecule has 33 heavy (non-hydrogen) atoms. The molecule has 4 rings (SSSR count). The zero-order valence-corrected chi connectivity index (χ0v) is 18.6. The highest BCUT2D eigenvalue weighted by molar-refractivity contribution is 7.80. The molecule has 2 amide bonds. The van der Waals surface area contributed by atoms with Crippen molar-refractivity contribution in [3.8, 4) is 5.75 Å². The second-order valence-corrected chi connectivity index (χ2v) is 7.74. The van der Waals surface area contributed by atoms with E-state index < -0.39 is 11.9 Å². The van der Waals surface area contributed by atoms with Crippen LogP contribution in [-0.4, -0.2) is 40.0 Å². The minimum absolute atomic E-state index is 0.129. The molecule has 1 N–H and O–H groups in total. The van der Waals surface area contributed by atoms with Crippen molar-refractivity contribution in [3.63, 3.8) is 0 Å². The van der Waals surface area contributed by atoms with Gasteiger partial charge < -0.3 is 15.0 Å². The Morgan fingerprint density at radius 2 is 1.85 bits per heavy atom. The van der Waals surface area contributed by atoms with E-state index in [1.807, 2.05) is 12.1 Å². The summed E-state index contributed by atoms with van der Waals surface area (Å²) >= 11 is 5.65. The number of nitrogens with one attached hydrogen (secondary N) is 1. The minimum atomic E-state index is -0.818. The summed E-state index contributed by atoms with van der Waals surface area (Å²) in [5.74, 6) is -0.446. The van der Waals surface area contributed by atoms with Crippen LogP contribution in [0.1, 0.15) is 12.1 Å². The quantitative estimate of drug-likeness (QED) is 0.537. The van der Waals surface area contributed by atoms with Crippen LogP contribution in [0.15, 0.2) is 72.9 Å². The first-order chi connectivity index (χ1) is 16.0. The van der Waals surface area contributed by atoms with Crippen LogP contribution in [-0.2, 0) is 16.1 Å². The molecule has 9 heteroatoms. The Kier molecular flexibility index (Phi) is 6.60. The van der Waals surface area contributed by atoms with Gasteiger partial charge in [-0.05, 0) is 72.9 Å². The molecule has 7 nitrogen and oxygen atoms in total. The Hall–Kier alpha value is -3.85. The third-order valence-electron chi connectivity index (χ3n) is 5.21. The lowest BCUT2D eigenvalue weighted by Crippen LogP contribution is -2.37. The van der Waals surface area contributed by atoms with Crippen LogP contribution in [0.25, 0.3) is 0 Å². The molecule has 3 aromatic rings. The van der Waals surface area contributed by atoms with Gasteiger partial charge in [0.15, 0.2) is 5.11 Å². The molecule has 1 unspecified atom stereocenters. The van der Waals surface area contributed by atoms with E-state index >= 15 is 0 Å². The van der Waals surface area contributed by atoms with E-state index in [0.717, 1.165) is 0 Å². The van der Waals surface area contributed by atoms with Crippen molar-refractivity contribution in [1.29, 1.82) is 0 Å². The number of anilines is 2. The lowest BCUT2D eigenvalue weighted by atomic mass is 10.1. The average molecular weight is 465 g/mol. The monoisotopic (exact) mass is 464 g/mol. The number of carbonyl (C=O) groups is 2. The molecule has 0 saturated carbocycles. The molecule has 1 aromatic heterocycles. The van der Waals surface area contributed by atoms with Gasteiger partial charge in [0.2, 0.25) is 5.91 Å². The Morgan fingerprint density at radius 1 is 1.12 bits per heavy atom. The van der Waals surface area contributed by atoms with Crippen LogP contribution in [0.5, 0.6) is 5.75 Å². The van der Waals surface area contributed by atoms with Crippen molar-refractivity contribution in [2.45, 2.75) is 19.0 Å². The summed E-state index contributed by atoms with van der Waals surface area (Å²) in [6.07, 6.45) is 1.53. The van der Waals surface area contributed by atoms with Crippen LogP contribution in [0.2, 0.25) is 0 Å². The number of amides is 2. The smallest absolute Gasteiger partial charge is 0.256 e. The van der Waals surface area contributed by atoms with E-state index in [1.165, 1.54) is 29.2 Å². The summed E-state index contributed by atoms with van der Waals surface area (Å²) in [5, 5.41) is 2.99. The molecule has 0 aliphatic carbocycles. The summed E-state index contributed by atoms with van der Waals surface area (Å²) in [4.78, 5) is 33.6. The van der Waals surface area contributed by atoms with Crippen molar-refractivity contribution < 1.29 is 18.7 Å². The number of ether oxygens (including phenoxy) is 1. The standard InChI is InChI=1S/C24H21FN4O3S/c1-32-20-11-9-19(10-12-20)29-23(31)21(14-22(30)27-17-7-5-16(25)6-8-17)28(24(29)33)15-18-4-2-3-13-26-18/h2-13,21H,14-15H2,1H3,(H,27,30). The molecule has 0 spiro atoms. The first-order valence-electron chi connectivity index (χ1n) is 10.2. The van der Waals surface area contributed by atoms with Crippen LogP contribution in [0, 0.1) is 5.82 Å². The number of carbonyl (C=O) groups excluding carboxylic acids is 2. The van der Waals surface area contributed by atoms with Crippen molar-refractivity contribution in [2.24, 2.45) is 0 Å². The normalized spacial score (nSPS) is 15.6. The molecule has 1 atom stereocenters. The number of nitrogens with zero attached hydrogens (tertiary/aromatic N) is 3. The minimum Gasteiger partial charge on any atom is -0.497 e. The first kappa shape index (κ1) is 22.3. The molecule has 168 valence electrons. The maximum absolute atomic E-state index is 13.4. The fourth-order valence-corrected chi connectivity index (χ4v) is 3.96. The second-order valence-electron chi connectivity index (χ2n) is 7.38. The van der Waals surface area contributed by atoms with E-state index in [4.69, 9.17) is 17.0 Å². The van der Waals surface area contributed by atoms with Crippen LogP contribution >= 0.6 is 12.2 Å². The number of rotatable bonds is 7. The summed E-state index contributed by atoms with van der Waals surface area (Å²) < 4.78 is 18.4. The highest BCUT2D eigenvalue weighted by Gasteiger charge is 2.44. The van der Waals surface area contributed by atoms with Gasteiger partial charge in [-0.2, -0.15) is 0 Å². The highest BCUT2D eigenvalue weighted by atomic mass is 32.1. The summed E-state index contributed by atoms with van der Waals surface area (Å²) in [6, 6.07) is 17.1. The van der Waals surface area contributed by atoms with Gasteiger partial charge in [-0.1, -0.05) is 6.07 Å². The second kappa shape index (κ2) is 9.74. The fraction of sp³-hybridized carbons (Fsp3) is 0.167. The van der Waals surface area contributed by atoms with Crippen molar-refractivity contribution in [3.05, 3.63) is 84.4 Å². The lowest BCUT2D eigenvalue weighted by molar-refractivity contribution is -0.124. The molecule has 1 aliphatic heterocycles. The maximum atomic E-state index is 13.4. The van der Waals surface area contributed by atoms with E-state index in [9.17, 15) is 14.0 Å². The summed E-state index contributed by atoms with van der Waals surface area (Å²) in [6.45, 7) is 0.270. The number of benzene rings is 2. The number of hydrogen-bond acceptors (Lipinski definition) is 5. The molecule has 2 heterocycles. The third kappa shape index (κ3) is 4.98. The number of thiocarbonyl (C=S) groups is 1. The van der Waals surface area contributed by atoms with Gasteiger partial charge in [-0.3, -0.25) is 19.5 Å². The third-order valence-corrected chi connectivity index (χ3v) is 5.63. The zero-order chi connectivity index (χ0) is 23.4. The van der Waals surface area contributed by atoms with Gasteiger partial charge in [-0.25, -0.2) is 4.39 Å². The predicted octanol–water partition coefficient (Wildman–Crippen LogP) is 3.76. The molecular formula is C24H21FN4O3S. The largest absolute Gasteiger partial charge is 0.497 e. The Morgan fingerprint density at radius 3 is 2.48 bits per heavy atom. The molecule has 1 fully saturated rings. The van der Waals surface area contributed by atoms with Gasteiger partial charge in [0, 0.05) is 11.9 Å². The average Bonchev–Trinajstić information content (AvgIpc) is 3.05. The van der Waals surface area contributed by atoms with Crippen molar-refractivity contribution in [1.82, 2.24) is 9.88 Å². The van der Waals surface area contributed by atoms with Gasteiger partial charge in [0.1, 0.15) is 17.6 Å². The number of halogens is 1. The number of hydrogen-bond donors (Lipinski definition) is 1. The molecule has 0 radical (unpaired) electrons. The Labute approximate surface area is 195 Å². The molecule has 1 saturated heterocycles. The topological polar surface area (TPSA) is 74.8 Å². The summed E-state index contributed by atoms with van der Waals surface area (Å²) in [7, 11) is 1.56. The molecule has 0 bridgehead atoms. The SMILES string of the molecule is COc1ccc(N2C(=O)C(CC(=O)Nc3ccc(F)cc3)N(Cc3ccccn3)C2=S)cc1. The molecular weight excluding hydrogens is 443 g/mol. The number of pyridine rings is 1. The highest BCUT2D eigenvalue weighted by Crippen LogP contribution is 2.30. The molecule has 2 aromatic carbocycles. The number of methoxy groups -OCH3 is 1. The van der Waals surface area contributed by atoms with E-state index in [2.05, 4.69) is 10.3 Å².